The van der Waals surface area contributed by atoms with Crippen molar-refractivity contribution >= 4 is 0 Å². The van der Waals surface area contributed by atoms with Gasteiger partial charge >= 0.3 is 0 Å². The van der Waals surface area contributed by atoms with Crippen LogP contribution in [0.5, 0.6) is 0 Å². The van der Waals surface area contributed by atoms with Gasteiger partial charge in [-0.15, -0.1) is 0 Å². The largest absolute Gasteiger partial charge is 0.377 e. The Balaban J connectivity index is 2.69. The first-order valence-corrected chi connectivity index (χ1v) is 2.23. The molecule has 0 amide bonds. The van der Waals surface area contributed by atoms with Gasteiger partial charge in [-0.1, -0.05) is 12.2 Å². The van der Waals surface area contributed by atoms with E-state index in [0.717, 1.165) is 0 Å². The molecule has 0 aromatic rings. The van der Waals surface area contributed by atoms with Crippen LogP contribution in [0.25, 0.3) is 0 Å². The summed E-state index contributed by atoms with van der Waals surface area (Å²) in [6, 6.07) is 0. The van der Waals surface area contributed by atoms with E-state index in [4.69, 9.17) is 4.74 Å². The molecule has 2 radical (unpaired) electrons. The lowest BCUT2D eigenvalue weighted by Gasteiger charge is -1.89. The summed E-state index contributed by atoms with van der Waals surface area (Å²) in [6.07, 6.45) is 3.54. The molecular weight excluding hydrogens is 88.1 g/mol. The topological polar surface area (TPSA) is 9.23 Å². The average molecular weight is 98.1 g/mol. The first-order chi connectivity index (χ1) is 3.41. The molecule has 0 N–H and O–H groups in total. The fourth-order valence-electron chi connectivity index (χ4n) is 0.219. The normalized spacial score (nSPS) is 10.6. The van der Waals surface area contributed by atoms with Crippen molar-refractivity contribution in [3.8, 4) is 0 Å². The highest BCUT2D eigenvalue weighted by atomic mass is 16.5. The smallest absolute Gasteiger partial charge is 0.0647 e. The molecule has 0 saturated carbocycles. The van der Waals surface area contributed by atoms with Crippen LogP contribution in [-0.2, 0) is 4.74 Å². The zero-order chi connectivity index (χ0) is 5.54. The number of ether oxygens (including phenoxy) is 1. The Morgan fingerprint density at radius 2 is 2.29 bits per heavy atom. The number of hydrogen-bond donors (Lipinski definition) is 0. The van der Waals surface area contributed by atoms with Crippen LogP contribution in [0.1, 0.15) is 0 Å². The Hall–Kier alpha value is -0.300. The van der Waals surface area contributed by atoms with Gasteiger partial charge in [0.15, 0.2) is 0 Å². The monoisotopic (exact) mass is 98.1 g/mol. The molecule has 0 atom stereocenters. The fraction of sp³-hybridized carbons (Fsp3) is 0.333. The van der Waals surface area contributed by atoms with Crippen LogP contribution in [0.4, 0.5) is 0 Å². The molecule has 1 nitrogen and oxygen atoms in total. The molecule has 7 heavy (non-hydrogen) atoms. The zero-order valence-electron chi connectivity index (χ0n) is 4.39. The third-order valence-corrected chi connectivity index (χ3v) is 0.525. The van der Waals surface area contributed by atoms with Gasteiger partial charge in [0.25, 0.3) is 0 Å². The summed E-state index contributed by atoms with van der Waals surface area (Å²) >= 11 is 0. The number of allylic oxidation sites excluding steroid dienone is 1. The maximum atomic E-state index is 4.84. The van der Waals surface area contributed by atoms with E-state index in [9.17, 15) is 0 Å². The van der Waals surface area contributed by atoms with Gasteiger partial charge < -0.3 is 4.74 Å². The van der Waals surface area contributed by atoms with E-state index in [2.05, 4.69) is 13.8 Å². The number of rotatable bonds is 3. The van der Waals surface area contributed by atoms with Crippen molar-refractivity contribution < 1.29 is 4.74 Å². The van der Waals surface area contributed by atoms with Crippen LogP contribution in [0.15, 0.2) is 12.2 Å². The Bertz CT molecular complexity index is 48.1. The Labute approximate surface area is 45.0 Å². The predicted octanol–water partition coefficient (Wildman–Crippen LogP) is 1.23. The molecule has 40 valence electrons. The molecule has 0 aliphatic carbocycles. The average Bonchev–Trinajstić information content (AvgIpc) is 1.69. The third kappa shape index (κ3) is 5.70. The van der Waals surface area contributed by atoms with Crippen LogP contribution in [0, 0.1) is 13.8 Å². The second-order valence-corrected chi connectivity index (χ2v) is 1.05. The second kappa shape index (κ2) is 5.70. The summed E-state index contributed by atoms with van der Waals surface area (Å²) in [7, 11) is 0. The molecule has 0 aromatic carbocycles. The van der Waals surface area contributed by atoms with Crippen molar-refractivity contribution in [1.29, 1.82) is 0 Å². The summed E-state index contributed by atoms with van der Waals surface area (Å²) in [5, 5.41) is 0. The molecule has 0 saturated heterocycles. The maximum Gasteiger partial charge on any atom is 0.0647 e. The minimum atomic E-state index is 0.532. The van der Waals surface area contributed by atoms with E-state index < -0.39 is 0 Å². The lowest BCUT2D eigenvalue weighted by atomic mass is 10.5. The highest BCUT2D eigenvalue weighted by molar-refractivity contribution is 4.83. The Kier molecular flexibility index (Phi) is 5.46. The summed E-state index contributed by atoms with van der Waals surface area (Å²) in [5.41, 5.74) is 0. The molecular formula is C6H10O. The molecule has 1 heteroatoms. The van der Waals surface area contributed by atoms with Crippen LogP contribution < -0.4 is 0 Å². The van der Waals surface area contributed by atoms with Crippen molar-refractivity contribution in [2.75, 3.05) is 13.2 Å². The van der Waals surface area contributed by atoms with Gasteiger partial charge in [0, 0.05) is 6.61 Å². The van der Waals surface area contributed by atoms with Gasteiger partial charge in [-0.25, -0.2) is 0 Å². The molecule has 0 aliphatic heterocycles. The van der Waals surface area contributed by atoms with Crippen molar-refractivity contribution in [3.05, 3.63) is 26.0 Å². The van der Waals surface area contributed by atoms with Crippen molar-refractivity contribution in [1.82, 2.24) is 0 Å². The summed E-state index contributed by atoms with van der Waals surface area (Å²) in [4.78, 5) is 0. The Morgan fingerprint density at radius 1 is 1.57 bits per heavy atom. The van der Waals surface area contributed by atoms with E-state index >= 15 is 0 Å². The van der Waals surface area contributed by atoms with Gasteiger partial charge in [0.2, 0.25) is 0 Å². The highest BCUT2D eigenvalue weighted by Gasteiger charge is 1.70. The maximum absolute atomic E-state index is 4.84. The molecule has 0 aliphatic rings. The standard InChI is InChI=1S/C6H10O/c1-3-5-6-7-4-2/h3,5H,1-2,4,6H2. The molecule has 0 bridgehead atoms. The van der Waals surface area contributed by atoms with E-state index in [-0.39, 0.29) is 0 Å². The fourth-order valence-corrected chi connectivity index (χ4v) is 0.219. The van der Waals surface area contributed by atoms with Gasteiger partial charge in [-0.05, 0) is 13.8 Å². The van der Waals surface area contributed by atoms with Gasteiger partial charge in [0.05, 0.1) is 6.61 Å². The lowest BCUT2D eigenvalue weighted by molar-refractivity contribution is 0.192. The molecule has 0 rings (SSSR count). The molecule has 0 spiro atoms. The first-order valence-electron chi connectivity index (χ1n) is 2.23. The molecule has 0 fully saturated rings. The lowest BCUT2D eigenvalue weighted by Crippen LogP contribution is -1.87. The minimum Gasteiger partial charge on any atom is -0.377 e. The van der Waals surface area contributed by atoms with Crippen molar-refractivity contribution in [2.24, 2.45) is 0 Å². The van der Waals surface area contributed by atoms with E-state index in [1.54, 1.807) is 6.08 Å². The van der Waals surface area contributed by atoms with Crippen molar-refractivity contribution in [3.63, 3.8) is 0 Å². The summed E-state index contributed by atoms with van der Waals surface area (Å²) < 4.78 is 4.84. The van der Waals surface area contributed by atoms with E-state index in [1.165, 1.54) is 0 Å². The zero-order valence-corrected chi connectivity index (χ0v) is 4.39. The quantitative estimate of drug-likeness (QED) is 0.482. The molecule has 0 heterocycles. The van der Waals surface area contributed by atoms with E-state index in [0.29, 0.717) is 13.2 Å². The molecule has 0 aromatic heterocycles. The molecule has 0 unspecified atom stereocenters. The van der Waals surface area contributed by atoms with Crippen LogP contribution in [-0.4, -0.2) is 13.2 Å². The predicted molar refractivity (Wildman–Crippen MR) is 30.7 cm³/mol. The van der Waals surface area contributed by atoms with Gasteiger partial charge in [-0.3, -0.25) is 0 Å². The van der Waals surface area contributed by atoms with E-state index in [1.807, 2.05) is 6.08 Å². The summed E-state index contributed by atoms with van der Waals surface area (Å²) in [6.45, 7) is 8.12. The van der Waals surface area contributed by atoms with Gasteiger partial charge in [0.1, 0.15) is 0 Å². The highest BCUT2D eigenvalue weighted by Crippen LogP contribution is 1.73. The Morgan fingerprint density at radius 3 is 2.71 bits per heavy atom. The van der Waals surface area contributed by atoms with Gasteiger partial charge in [-0.2, -0.15) is 0 Å². The van der Waals surface area contributed by atoms with Crippen molar-refractivity contribution in [2.45, 2.75) is 0 Å². The van der Waals surface area contributed by atoms with Crippen LogP contribution in [0.2, 0.25) is 0 Å². The number of hydrogen-bond acceptors (Lipinski definition) is 1. The first kappa shape index (κ1) is 6.70. The second-order valence-electron chi connectivity index (χ2n) is 1.05. The van der Waals surface area contributed by atoms with Crippen LogP contribution in [0.3, 0.4) is 0 Å². The summed E-state index contributed by atoms with van der Waals surface area (Å²) in [5.74, 6) is 0. The minimum absolute atomic E-state index is 0.532. The van der Waals surface area contributed by atoms with Crippen LogP contribution >= 0.6 is 0 Å². The third-order valence-electron chi connectivity index (χ3n) is 0.525. The SMILES string of the molecule is [CH2]C=CCOC[CH2].